The van der Waals surface area contributed by atoms with E-state index >= 15 is 0 Å². The molecule has 0 spiro atoms. The zero-order valence-corrected chi connectivity index (χ0v) is 23.5. The van der Waals surface area contributed by atoms with Crippen LogP contribution in [0, 0.1) is 0 Å². The number of nitrogens with one attached hydrogen (secondary N) is 1. The zero-order valence-electron chi connectivity index (χ0n) is 23.5. The Morgan fingerprint density at radius 2 is 1.51 bits per heavy atom. The van der Waals surface area contributed by atoms with Crippen molar-refractivity contribution in [3.63, 3.8) is 0 Å². The molecule has 0 aliphatic carbocycles. The molecule has 0 saturated carbocycles. The van der Waals surface area contributed by atoms with E-state index in [1.807, 2.05) is 86.6 Å². The third-order valence-corrected chi connectivity index (χ3v) is 6.77. The van der Waals surface area contributed by atoms with Crippen molar-refractivity contribution in [3.05, 3.63) is 83.9 Å². The van der Waals surface area contributed by atoms with Gasteiger partial charge < -0.3 is 25.6 Å². The predicted molar refractivity (Wildman–Crippen MR) is 154 cm³/mol. The van der Waals surface area contributed by atoms with Gasteiger partial charge in [0, 0.05) is 39.5 Å². The lowest BCUT2D eigenvalue weighted by molar-refractivity contribution is -0.149. The molecule has 2 atom stereocenters. The Labute approximate surface area is 231 Å². The molecule has 3 aromatic rings. The summed E-state index contributed by atoms with van der Waals surface area (Å²) in [6, 6.07) is 21.8. The third-order valence-electron chi connectivity index (χ3n) is 6.77. The van der Waals surface area contributed by atoms with Crippen LogP contribution >= 0.6 is 0 Å². The second-order valence-electron chi connectivity index (χ2n) is 10.6. The number of hydrogen-bond donors (Lipinski definition) is 2. The Balaban J connectivity index is 1.93. The molecule has 0 aromatic heterocycles. The molecular weight excluding hydrogens is 492 g/mol. The van der Waals surface area contributed by atoms with E-state index in [2.05, 4.69) is 5.32 Å². The molecule has 0 unspecified atom stereocenters. The van der Waals surface area contributed by atoms with E-state index < -0.39 is 17.6 Å². The molecule has 0 aliphatic rings. The van der Waals surface area contributed by atoms with Crippen molar-refractivity contribution in [1.82, 2.24) is 15.1 Å². The largest absolute Gasteiger partial charge is 0.370 e. The Kier molecular flexibility index (Phi) is 10.2. The van der Waals surface area contributed by atoms with E-state index in [1.165, 1.54) is 9.80 Å². The number of nitrogens with two attached hydrogens (primary N) is 1. The predicted octanol–water partition coefficient (Wildman–Crippen LogP) is 2.78. The SMILES string of the molecule is CNC(=O)[C@@H](Cc1ccccc1)N(C)C(=O)[C@@H](Cc1cccc2ccccc12)N(C)C(=O)COCC(C)(C)N. The molecule has 3 rings (SSSR count). The lowest BCUT2D eigenvalue weighted by Gasteiger charge is -2.34. The minimum Gasteiger partial charge on any atom is -0.370 e. The van der Waals surface area contributed by atoms with E-state index in [1.54, 1.807) is 21.1 Å². The molecule has 3 aromatic carbocycles. The molecule has 0 bridgehead atoms. The van der Waals surface area contributed by atoms with Crippen molar-refractivity contribution >= 4 is 28.5 Å². The van der Waals surface area contributed by atoms with Crippen LogP contribution in [0.3, 0.4) is 0 Å². The quantitative estimate of drug-likeness (QED) is 0.373. The second kappa shape index (κ2) is 13.4. The average molecular weight is 533 g/mol. The van der Waals surface area contributed by atoms with Gasteiger partial charge in [0.25, 0.3) is 0 Å². The average Bonchev–Trinajstić information content (AvgIpc) is 2.93. The first-order valence-electron chi connectivity index (χ1n) is 13.1. The fourth-order valence-electron chi connectivity index (χ4n) is 4.54. The first-order valence-corrected chi connectivity index (χ1v) is 13.1. The summed E-state index contributed by atoms with van der Waals surface area (Å²) in [7, 11) is 4.78. The highest BCUT2D eigenvalue weighted by Gasteiger charge is 2.35. The molecule has 208 valence electrons. The summed E-state index contributed by atoms with van der Waals surface area (Å²) < 4.78 is 5.57. The van der Waals surface area contributed by atoms with E-state index in [-0.39, 0.29) is 37.4 Å². The number of carbonyl (C=O) groups excluding carboxylic acids is 3. The van der Waals surface area contributed by atoms with Gasteiger partial charge in [-0.1, -0.05) is 72.8 Å². The van der Waals surface area contributed by atoms with Gasteiger partial charge >= 0.3 is 0 Å². The summed E-state index contributed by atoms with van der Waals surface area (Å²) in [6.07, 6.45) is 0.622. The Morgan fingerprint density at radius 3 is 2.18 bits per heavy atom. The highest BCUT2D eigenvalue weighted by Crippen LogP contribution is 2.22. The topological polar surface area (TPSA) is 105 Å². The van der Waals surface area contributed by atoms with E-state index in [0.717, 1.165) is 21.9 Å². The van der Waals surface area contributed by atoms with Crippen LogP contribution in [0.1, 0.15) is 25.0 Å². The molecule has 0 saturated heterocycles. The molecular formula is C31H40N4O4. The number of nitrogens with zero attached hydrogens (tertiary/aromatic N) is 2. The van der Waals surface area contributed by atoms with Crippen LogP contribution in [0.5, 0.6) is 0 Å². The van der Waals surface area contributed by atoms with Crippen LogP contribution in [0.4, 0.5) is 0 Å². The van der Waals surface area contributed by atoms with Crippen molar-refractivity contribution < 1.29 is 19.1 Å². The van der Waals surface area contributed by atoms with Crippen molar-refractivity contribution in [2.45, 2.75) is 44.3 Å². The van der Waals surface area contributed by atoms with Gasteiger partial charge in [0.15, 0.2) is 0 Å². The highest BCUT2D eigenvalue weighted by molar-refractivity contribution is 5.93. The van der Waals surface area contributed by atoms with Crippen LogP contribution < -0.4 is 11.1 Å². The van der Waals surface area contributed by atoms with E-state index in [0.29, 0.717) is 6.42 Å². The van der Waals surface area contributed by atoms with Gasteiger partial charge in [-0.15, -0.1) is 0 Å². The smallest absolute Gasteiger partial charge is 0.249 e. The fraction of sp³-hybridized carbons (Fsp3) is 0.387. The van der Waals surface area contributed by atoms with Gasteiger partial charge in [-0.05, 0) is 35.7 Å². The summed E-state index contributed by atoms with van der Waals surface area (Å²) in [6.45, 7) is 3.62. The van der Waals surface area contributed by atoms with Crippen LogP contribution in [0.25, 0.3) is 10.8 Å². The van der Waals surface area contributed by atoms with Crippen LogP contribution in [0.2, 0.25) is 0 Å². The zero-order chi connectivity index (χ0) is 28.6. The maximum absolute atomic E-state index is 14.1. The van der Waals surface area contributed by atoms with Crippen molar-refractivity contribution in [2.75, 3.05) is 34.4 Å². The number of likely N-dealkylation sites (N-methyl/N-ethyl adjacent to an activating group) is 3. The lowest BCUT2D eigenvalue weighted by atomic mass is 9.96. The number of amides is 3. The van der Waals surface area contributed by atoms with Crippen LogP contribution in [-0.4, -0.2) is 79.5 Å². The summed E-state index contributed by atoms with van der Waals surface area (Å²) in [4.78, 5) is 43.1. The second-order valence-corrected chi connectivity index (χ2v) is 10.6. The first kappa shape index (κ1) is 29.8. The molecule has 3 N–H and O–H groups in total. The normalized spacial score (nSPS) is 13.0. The van der Waals surface area contributed by atoms with Gasteiger partial charge in [-0.25, -0.2) is 0 Å². The Hall–Kier alpha value is -3.75. The van der Waals surface area contributed by atoms with Crippen LogP contribution in [0.15, 0.2) is 72.8 Å². The van der Waals surface area contributed by atoms with Gasteiger partial charge in [0.1, 0.15) is 18.7 Å². The number of carbonyl (C=O) groups is 3. The van der Waals surface area contributed by atoms with Crippen LogP contribution in [-0.2, 0) is 32.0 Å². The molecule has 3 amide bonds. The fourth-order valence-corrected chi connectivity index (χ4v) is 4.54. The van der Waals surface area contributed by atoms with Gasteiger partial charge in [-0.2, -0.15) is 0 Å². The number of ether oxygens (including phenoxy) is 1. The van der Waals surface area contributed by atoms with Gasteiger partial charge in [0.05, 0.1) is 6.61 Å². The summed E-state index contributed by atoms with van der Waals surface area (Å²) in [5, 5.41) is 4.74. The summed E-state index contributed by atoms with van der Waals surface area (Å²) in [5.74, 6) is -0.950. The molecule has 8 heteroatoms. The van der Waals surface area contributed by atoms with E-state index in [4.69, 9.17) is 10.5 Å². The number of fused-ring (bicyclic) bond motifs is 1. The molecule has 0 aliphatic heterocycles. The van der Waals surface area contributed by atoms with Gasteiger partial charge in [0.2, 0.25) is 17.7 Å². The summed E-state index contributed by atoms with van der Waals surface area (Å²) >= 11 is 0. The molecule has 0 heterocycles. The number of rotatable bonds is 12. The van der Waals surface area contributed by atoms with Crippen molar-refractivity contribution in [3.8, 4) is 0 Å². The lowest BCUT2D eigenvalue weighted by Crippen LogP contribution is -2.56. The Bertz CT molecular complexity index is 1270. The van der Waals surface area contributed by atoms with E-state index in [9.17, 15) is 14.4 Å². The minimum atomic E-state index is -0.856. The molecule has 8 nitrogen and oxygen atoms in total. The number of benzene rings is 3. The number of hydrogen-bond acceptors (Lipinski definition) is 5. The third kappa shape index (κ3) is 8.12. The molecule has 39 heavy (non-hydrogen) atoms. The first-order chi connectivity index (χ1) is 18.5. The summed E-state index contributed by atoms with van der Waals surface area (Å²) in [5.41, 5.74) is 7.26. The monoisotopic (exact) mass is 532 g/mol. The van der Waals surface area contributed by atoms with Crippen molar-refractivity contribution in [1.29, 1.82) is 0 Å². The standard InChI is InChI=1S/C31H40N4O4/c1-31(2,32)21-39-20-28(36)34(4)27(19-24-16-11-15-23-14-9-10-17-25(23)24)30(38)35(5)26(29(37)33-3)18-22-12-7-6-8-13-22/h6-17,26-27H,18-21,32H2,1-5H3,(H,33,37)/t26-,27-/m1/s1. The van der Waals surface area contributed by atoms with Crippen molar-refractivity contribution in [2.24, 2.45) is 5.73 Å². The highest BCUT2D eigenvalue weighted by atomic mass is 16.5. The maximum Gasteiger partial charge on any atom is 0.249 e. The van der Waals surface area contributed by atoms with Gasteiger partial charge in [-0.3, -0.25) is 14.4 Å². The maximum atomic E-state index is 14.1. The minimum absolute atomic E-state index is 0.199. The Morgan fingerprint density at radius 1 is 0.872 bits per heavy atom. The molecule has 0 radical (unpaired) electrons. The molecule has 0 fully saturated rings.